The molecule has 1 aliphatic heterocycles. The van der Waals surface area contributed by atoms with Gasteiger partial charge in [-0.05, 0) is 47.0 Å². The van der Waals surface area contributed by atoms with Gasteiger partial charge in [0.05, 0.1) is 13.3 Å². The van der Waals surface area contributed by atoms with Crippen LogP contribution in [-0.4, -0.2) is 49.4 Å². The second-order valence-electron chi connectivity index (χ2n) is 7.79. The molecule has 4 rings (SSSR count). The zero-order chi connectivity index (χ0) is 22.2. The van der Waals surface area contributed by atoms with Crippen molar-refractivity contribution in [2.24, 2.45) is 5.10 Å². The van der Waals surface area contributed by atoms with E-state index in [-0.39, 0.29) is 0 Å². The zero-order valence-corrected chi connectivity index (χ0v) is 19.0. The molecule has 32 heavy (non-hydrogen) atoms. The molecule has 0 bridgehead atoms. The van der Waals surface area contributed by atoms with Crippen molar-refractivity contribution in [3.8, 4) is 11.5 Å². The van der Waals surface area contributed by atoms with E-state index < -0.39 is 0 Å². The van der Waals surface area contributed by atoms with Crippen molar-refractivity contribution in [1.29, 1.82) is 0 Å². The molecule has 3 aromatic rings. The molecule has 1 saturated heterocycles. The highest BCUT2D eigenvalue weighted by molar-refractivity contribution is 6.30. The molecular weight excluding hydrogens is 422 g/mol. The summed E-state index contributed by atoms with van der Waals surface area (Å²) in [5.41, 5.74) is 3.39. The molecule has 0 aliphatic carbocycles. The first-order chi connectivity index (χ1) is 15.7. The smallest absolute Gasteiger partial charge is 0.161 e. The van der Waals surface area contributed by atoms with E-state index in [0.717, 1.165) is 54.6 Å². The number of hydrogen-bond donors (Lipinski definition) is 0. The number of rotatable bonds is 8. The standard InChI is InChI=1S/C26H28ClN3O2/c1-31-26-17-23(9-12-25(26)32-20-22-5-3-2-4-6-22)18-28-30-15-13-29(14-16-30)19-21-7-10-24(27)11-8-21/h2-12,17-18H,13-16,19-20H2,1H3/b28-18-. The van der Waals surface area contributed by atoms with E-state index in [2.05, 4.69) is 27.1 Å². The van der Waals surface area contributed by atoms with Crippen LogP contribution in [0.4, 0.5) is 0 Å². The van der Waals surface area contributed by atoms with Gasteiger partial charge in [-0.15, -0.1) is 0 Å². The molecule has 0 spiro atoms. The molecule has 0 unspecified atom stereocenters. The summed E-state index contributed by atoms with van der Waals surface area (Å²) in [4.78, 5) is 2.44. The lowest BCUT2D eigenvalue weighted by Crippen LogP contribution is -2.43. The Morgan fingerprint density at radius 2 is 1.62 bits per heavy atom. The monoisotopic (exact) mass is 449 g/mol. The van der Waals surface area contributed by atoms with Crippen molar-refractivity contribution in [2.75, 3.05) is 33.3 Å². The summed E-state index contributed by atoms with van der Waals surface area (Å²) < 4.78 is 11.5. The molecule has 0 N–H and O–H groups in total. The van der Waals surface area contributed by atoms with Crippen molar-refractivity contribution >= 4 is 17.8 Å². The second-order valence-corrected chi connectivity index (χ2v) is 8.22. The molecule has 166 valence electrons. The van der Waals surface area contributed by atoms with E-state index in [9.17, 15) is 0 Å². The quantitative estimate of drug-likeness (QED) is 0.449. The Labute approximate surface area is 194 Å². The topological polar surface area (TPSA) is 37.3 Å². The Morgan fingerprint density at radius 3 is 2.34 bits per heavy atom. The molecule has 1 aliphatic rings. The van der Waals surface area contributed by atoms with E-state index in [1.165, 1.54) is 5.56 Å². The molecule has 0 radical (unpaired) electrons. The van der Waals surface area contributed by atoms with Gasteiger partial charge < -0.3 is 9.47 Å². The van der Waals surface area contributed by atoms with Crippen LogP contribution in [0.2, 0.25) is 5.02 Å². The molecular formula is C26H28ClN3O2. The van der Waals surface area contributed by atoms with Crippen molar-refractivity contribution in [3.63, 3.8) is 0 Å². The van der Waals surface area contributed by atoms with Crippen molar-refractivity contribution < 1.29 is 9.47 Å². The molecule has 6 heteroatoms. The zero-order valence-electron chi connectivity index (χ0n) is 18.3. The van der Waals surface area contributed by atoms with Gasteiger partial charge in [0.1, 0.15) is 6.61 Å². The number of hydrazone groups is 1. The summed E-state index contributed by atoms with van der Waals surface area (Å²) in [6.07, 6.45) is 1.89. The van der Waals surface area contributed by atoms with Crippen LogP contribution in [0.3, 0.4) is 0 Å². The van der Waals surface area contributed by atoms with Crippen molar-refractivity contribution in [2.45, 2.75) is 13.2 Å². The first kappa shape index (κ1) is 22.2. The van der Waals surface area contributed by atoms with Crippen LogP contribution in [0.25, 0.3) is 0 Å². The van der Waals surface area contributed by atoms with Crippen molar-refractivity contribution in [1.82, 2.24) is 9.91 Å². The minimum Gasteiger partial charge on any atom is -0.493 e. The third-order valence-electron chi connectivity index (χ3n) is 5.46. The largest absolute Gasteiger partial charge is 0.493 e. The lowest BCUT2D eigenvalue weighted by Gasteiger charge is -2.33. The summed E-state index contributed by atoms with van der Waals surface area (Å²) in [5, 5.41) is 7.57. The van der Waals surface area contributed by atoms with Gasteiger partial charge in [0.15, 0.2) is 11.5 Å². The number of methoxy groups -OCH3 is 1. The summed E-state index contributed by atoms with van der Waals surface area (Å²) in [6, 6.07) is 24.1. The van der Waals surface area contributed by atoms with E-state index in [4.69, 9.17) is 21.1 Å². The van der Waals surface area contributed by atoms with E-state index >= 15 is 0 Å². The maximum Gasteiger partial charge on any atom is 0.161 e. The van der Waals surface area contributed by atoms with Crippen molar-refractivity contribution in [3.05, 3.63) is 94.5 Å². The van der Waals surface area contributed by atoms with Gasteiger partial charge in [-0.25, -0.2) is 0 Å². The molecule has 0 atom stereocenters. The minimum absolute atomic E-state index is 0.505. The van der Waals surface area contributed by atoms with Crippen LogP contribution in [0, 0.1) is 0 Å². The van der Waals surface area contributed by atoms with Gasteiger partial charge in [0.25, 0.3) is 0 Å². The lowest BCUT2D eigenvalue weighted by molar-refractivity contribution is 0.131. The Morgan fingerprint density at radius 1 is 0.875 bits per heavy atom. The van der Waals surface area contributed by atoms with Gasteiger partial charge in [-0.2, -0.15) is 5.10 Å². The summed E-state index contributed by atoms with van der Waals surface area (Å²) in [7, 11) is 1.66. The number of hydrogen-bond acceptors (Lipinski definition) is 5. The Balaban J connectivity index is 1.29. The normalized spacial score (nSPS) is 14.6. The van der Waals surface area contributed by atoms with Gasteiger partial charge in [0, 0.05) is 37.7 Å². The fraction of sp³-hybridized carbons (Fsp3) is 0.269. The highest BCUT2D eigenvalue weighted by atomic mass is 35.5. The molecule has 1 fully saturated rings. The Bertz CT molecular complexity index is 1020. The van der Waals surface area contributed by atoms with Gasteiger partial charge in [-0.3, -0.25) is 9.91 Å². The Kier molecular flexibility index (Phi) is 7.64. The molecule has 1 heterocycles. The molecule has 5 nitrogen and oxygen atoms in total. The van der Waals surface area contributed by atoms with Crippen LogP contribution in [0.5, 0.6) is 11.5 Å². The Hall–Kier alpha value is -3.02. The number of piperazine rings is 1. The summed E-state index contributed by atoms with van der Waals surface area (Å²) in [6.45, 7) is 5.21. The molecule has 0 saturated carbocycles. The maximum absolute atomic E-state index is 5.98. The van der Waals surface area contributed by atoms with Crippen LogP contribution in [0.15, 0.2) is 77.9 Å². The SMILES string of the molecule is COc1cc(/C=N\N2CCN(Cc3ccc(Cl)cc3)CC2)ccc1OCc1ccccc1. The number of nitrogens with zero attached hydrogens (tertiary/aromatic N) is 3. The summed E-state index contributed by atoms with van der Waals surface area (Å²) >= 11 is 5.98. The minimum atomic E-state index is 0.505. The predicted octanol–water partition coefficient (Wildman–Crippen LogP) is 5.08. The number of benzene rings is 3. The predicted molar refractivity (Wildman–Crippen MR) is 130 cm³/mol. The highest BCUT2D eigenvalue weighted by Crippen LogP contribution is 2.28. The van der Waals surface area contributed by atoms with Gasteiger partial charge in [0.2, 0.25) is 0 Å². The van der Waals surface area contributed by atoms with Crippen LogP contribution in [-0.2, 0) is 13.2 Å². The van der Waals surface area contributed by atoms with Crippen LogP contribution in [0.1, 0.15) is 16.7 Å². The third kappa shape index (κ3) is 6.25. The average molecular weight is 450 g/mol. The van der Waals surface area contributed by atoms with E-state index in [1.807, 2.05) is 66.9 Å². The molecule has 3 aromatic carbocycles. The summed E-state index contributed by atoms with van der Waals surface area (Å²) in [5.74, 6) is 1.43. The van der Waals surface area contributed by atoms with E-state index in [0.29, 0.717) is 12.4 Å². The molecule has 0 amide bonds. The number of ether oxygens (including phenoxy) is 2. The fourth-order valence-corrected chi connectivity index (χ4v) is 3.75. The highest BCUT2D eigenvalue weighted by Gasteiger charge is 2.15. The molecule has 0 aromatic heterocycles. The lowest BCUT2D eigenvalue weighted by atomic mass is 10.2. The third-order valence-corrected chi connectivity index (χ3v) is 5.72. The van der Waals surface area contributed by atoms with Gasteiger partial charge in [-0.1, -0.05) is 54.1 Å². The maximum atomic E-state index is 5.98. The van der Waals surface area contributed by atoms with Gasteiger partial charge >= 0.3 is 0 Å². The second kappa shape index (κ2) is 11.0. The average Bonchev–Trinajstić information content (AvgIpc) is 2.84. The first-order valence-corrected chi connectivity index (χ1v) is 11.2. The fourth-order valence-electron chi connectivity index (χ4n) is 3.63. The number of halogens is 1. The van der Waals surface area contributed by atoms with Crippen LogP contribution >= 0.6 is 11.6 Å². The van der Waals surface area contributed by atoms with Crippen LogP contribution < -0.4 is 9.47 Å². The van der Waals surface area contributed by atoms with E-state index in [1.54, 1.807) is 7.11 Å². The first-order valence-electron chi connectivity index (χ1n) is 10.8.